The topological polar surface area (TPSA) is 109 Å². The molecule has 2 aromatic carbocycles. The number of amides is 3. The number of hydrogen-bond donors (Lipinski definition) is 4. The number of nitrogens with one attached hydrogen (secondary N) is 4. The molecule has 0 unspecified atom stereocenters. The minimum atomic E-state index is -0.426. The summed E-state index contributed by atoms with van der Waals surface area (Å²) in [6.07, 6.45) is 2.02. The largest absolute Gasteiger partial charge is 0.494 e. The van der Waals surface area contributed by atoms with Gasteiger partial charge in [0.25, 0.3) is 5.91 Å². The van der Waals surface area contributed by atoms with Crippen LogP contribution in [0, 0.1) is 0 Å². The van der Waals surface area contributed by atoms with Gasteiger partial charge in [0.1, 0.15) is 5.75 Å². The van der Waals surface area contributed by atoms with Crippen molar-refractivity contribution in [3.05, 3.63) is 65.7 Å². The van der Waals surface area contributed by atoms with Crippen LogP contribution in [0.15, 0.2) is 54.6 Å². The molecule has 4 N–H and O–H groups in total. The Kier molecular flexibility index (Phi) is 10.7. The molecule has 0 heterocycles. The maximum Gasteiger partial charge on any atom is 0.257 e. The van der Waals surface area contributed by atoms with E-state index in [9.17, 15) is 14.4 Å². The first kappa shape index (κ1) is 24.8. The predicted octanol–water partition coefficient (Wildman–Crippen LogP) is 2.60. The third kappa shape index (κ3) is 9.57. The summed E-state index contributed by atoms with van der Waals surface area (Å²) in [5.41, 5.74) is 6.20. The van der Waals surface area contributed by atoms with Crippen molar-refractivity contribution < 1.29 is 19.1 Å². The molecule has 8 nitrogen and oxygen atoms in total. The molecule has 0 saturated carbocycles. The highest BCUT2D eigenvalue weighted by Gasteiger charge is 2.10. The van der Waals surface area contributed by atoms with Gasteiger partial charge >= 0.3 is 0 Å². The number of ether oxygens (including phenoxy) is 1. The number of thiocarbonyl (C=S) groups is 1. The van der Waals surface area contributed by atoms with Crippen LogP contribution in [0.4, 0.5) is 0 Å². The summed E-state index contributed by atoms with van der Waals surface area (Å²) >= 11 is 5.01. The zero-order chi connectivity index (χ0) is 23.2. The summed E-state index contributed by atoms with van der Waals surface area (Å²) in [5.74, 6) is -0.389. The van der Waals surface area contributed by atoms with Gasteiger partial charge in [-0.1, -0.05) is 43.7 Å². The quantitative estimate of drug-likeness (QED) is 0.249. The van der Waals surface area contributed by atoms with E-state index in [1.165, 1.54) is 0 Å². The molecule has 0 atom stereocenters. The number of benzene rings is 2. The number of carbonyl (C=O) groups is 3. The summed E-state index contributed by atoms with van der Waals surface area (Å²) in [5, 5.41) is 5.17. The second kappa shape index (κ2) is 13.8. The minimum absolute atomic E-state index is 0.0241. The van der Waals surface area contributed by atoms with Crippen molar-refractivity contribution in [1.29, 1.82) is 0 Å². The van der Waals surface area contributed by atoms with Gasteiger partial charge in [0.15, 0.2) is 5.11 Å². The maximum atomic E-state index is 12.2. The lowest BCUT2D eigenvalue weighted by molar-refractivity contribution is -0.126. The predicted molar refractivity (Wildman–Crippen MR) is 126 cm³/mol. The van der Waals surface area contributed by atoms with Crippen LogP contribution in [-0.2, 0) is 16.1 Å². The van der Waals surface area contributed by atoms with Crippen LogP contribution in [-0.4, -0.2) is 29.4 Å². The highest BCUT2D eigenvalue weighted by molar-refractivity contribution is 7.80. The maximum absolute atomic E-state index is 12.2. The molecule has 0 aliphatic carbocycles. The molecule has 0 aliphatic heterocycles. The second-order valence-electron chi connectivity index (χ2n) is 6.95. The molecule has 3 amide bonds. The Bertz CT molecular complexity index is 904. The van der Waals surface area contributed by atoms with Crippen LogP contribution < -0.4 is 26.2 Å². The lowest BCUT2D eigenvalue weighted by Crippen LogP contribution is -2.48. The molecule has 0 radical (unpaired) electrons. The van der Waals surface area contributed by atoms with Crippen molar-refractivity contribution in [2.45, 2.75) is 39.2 Å². The Labute approximate surface area is 193 Å². The molecule has 0 bridgehead atoms. The van der Waals surface area contributed by atoms with Crippen LogP contribution in [0.2, 0.25) is 0 Å². The molecule has 0 spiro atoms. The van der Waals surface area contributed by atoms with Crippen molar-refractivity contribution in [2.24, 2.45) is 0 Å². The van der Waals surface area contributed by atoms with E-state index >= 15 is 0 Å². The number of rotatable bonds is 10. The fourth-order valence-corrected chi connectivity index (χ4v) is 2.69. The van der Waals surface area contributed by atoms with E-state index in [0.717, 1.165) is 18.4 Å². The summed E-state index contributed by atoms with van der Waals surface area (Å²) in [6.45, 7) is 3.12. The average molecular weight is 457 g/mol. The van der Waals surface area contributed by atoms with Crippen molar-refractivity contribution >= 4 is 35.1 Å². The van der Waals surface area contributed by atoms with Crippen LogP contribution in [0.3, 0.4) is 0 Å². The van der Waals surface area contributed by atoms with Crippen LogP contribution in [0.5, 0.6) is 5.75 Å². The van der Waals surface area contributed by atoms with Gasteiger partial charge in [0, 0.05) is 24.9 Å². The molecule has 2 aromatic rings. The molecule has 170 valence electrons. The summed E-state index contributed by atoms with van der Waals surface area (Å²) in [7, 11) is 0. The average Bonchev–Trinajstić information content (AvgIpc) is 2.81. The first-order valence-electron chi connectivity index (χ1n) is 10.4. The van der Waals surface area contributed by atoms with E-state index in [4.69, 9.17) is 17.0 Å². The van der Waals surface area contributed by atoms with Gasteiger partial charge < -0.3 is 10.1 Å². The molecule has 0 saturated heterocycles. The second-order valence-corrected chi connectivity index (χ2v) is 7.35. The lowest BCUT2D eigenvalue weighted by atomic mass is 10.2. The van der Waals surface area contributed by atoms with Crippen LogP contribution in [0.25, 0.3) is 0 Å². The minimum Gasteiger partial charge on any atom is -0.494 e. The summed E-state index contributed by atoms with van der Waals surface area (Å²) < 4.78 is 5.56. The Morgan fingerprint density at radius 1 is 0.906 bits per heavy atom. The van der Waals surface area contributed by atoms with E-state index < -0.39 is 11.8 Å². The van der Waals surface area contributed by atoms with Gasteiger partial charge in [0.2, 0.25) is 11.8 Å². The zero-order valence-electron chi connectivity index (χ0n) is 18.0. The van der Waals surface area contributed by atoms with Crippen molar-refractivity contribution in [3.8, 4) is 5.75 Å². The lowest BCUT2D eigenvalue weighted by Gasteiger charge is -2.11. The van der Waals surface area contributed by atoms with Crippen LogP contribution in [0.1, 0.15) is 48.5 Å². The van der Waals surface area contributed by atoms with Crippen molar-refractivity contribution in [3.63, 3.8) is 0 Å². The van der Waals surface area contributed by atoms with Gasteiger partial charge in [-0.05, 0) is 48.5 Å². The third-order valence-corrected chi connectivity index (χ3v) is 4.54. The van der Waals surface area contributed by atoms with Crippen molar-refractivity contribution in [2.75, 3.05) is 6.61 Å². The number of hydrazine groups is 1. The molecular formula is C23H28N4O4S. The highest BCUT2D eigenvalue weighted by Crippen LogP contribution is 2.12. The normalized spacial score (nSPS) is 10.0. The van der Waals surface area contributed by atoms with Gasteiger partial charge in [-0.15, -0.1) is 0 Å². The van der Waals surface area contributed by atoms with E-state index in [0.29, 0.717) is 24.5 Å². The van der Waals surface area contributed by atoms with E-state index in [1.54, 1.807) is 24.3 Å². The van der Waals surface area contributed by atoms with Crippen LogP contribution >= 0.6 is 12.2 Å². The van der Waals surface area contributed by atoms with Gasteiger partial charge in [-0.25, -0.2) is 0 Å². The number of hydrogen-bond acceptors (Lipinski definition) is 5. The SMILES string of the molecule is CCCCOc1ccc(C(=O)NC(=S)NNC(=O)CCC(=O)NCc2ccccc2)cc1. The highest BCUT2D eigenvalue weighted by atomic mass is 32.1. The standard InChI is InChI=1S/C23H28N4O4S/c1-2-3-15-31-19-11-9-18(10-12-19)22(30)25-23(32)27-26-21(29)14-13-20(28)24-16-17-7-5-4-6-8-17/h4-12H,2-3,13-16H2,1H3,(H,24,28)(H,26,29)(H2,25,27,30,32). The molecular weight excluding hydrogens is 428 g/mol. The van der Waals surface area contributed by atoms with Gasteiger partial charge in [0.05, 0.1) is 6.61 Å². The molecule has 9 heteroatoms. The third-order valence-electron chi connectivity index (χ3n) is 4.34. The number of unbranched alkanes of at least 4 members (excludes halogenated alkanes) is 1. The van der Waals surface area contributed by atoms with Gasteiger partial charge in [-0.3, -0.25) is 30.6 Å². The first-order chi connectivity index (χ1) is 15.5. The van der Waals surface area contributed by atoms with E-state index in [-0.39, 0.29) is 23.9 Å². The Morgan fingerprint density at radius 2 is 1.59 bits per heavy atom. The Balaban J connectivity index is 1.63. The molecule has 0 aliphatic rings. The molecule has 32 heavy (non-hydrogen) atoms. The summed E-state index contributed by atoms with van der Waals surface area (Å²) in [4.78, 5) is 36.0. The van der Waals surface area contributed by atoms with Crippen molar-refractivity contribution in [1.82, 2.24) is 21.5 Å². The monoisotopic (exact) mass is 456 g/mol. The summed E-state index contributed by atoms with van der Waals surface area (Å²) in [6, 6.07) is 16.2. The van der Waals surface area contributed by atoms with Gasteiger partial charge in [-0.2, -0.15) is 0 Å². The molecule has 2 rings (SSSR count). The molecule has 0 aromatic heterocycles. The van der Waals surface area contributed by atoms with E-state index in [2.05, 4.69) is 28.4 Å². The zero-order valence-corrected chi connectivity index (χ0v) is 18.8. The first-order valence-corrected chi connectivity index (χ1v) is 10.8. The molecule has 0 fully saturated rings. The Morgan fingerprint density at radius 3 is 2.28 bits per heavy atom. The fourth-order valence-electron chi connectivity index (χ4n) is 2.54. The number of carbonyl (C=O) groups excluding carboxylic acids is 3. The smallest absolute Gasteiger partial charge is 0.257 e. The van der Waals surface area contributed by atoms with E-state index in [1.807, 2.05) is 30.3 Å². The fraction of sp³-hybridized carbons (Fsp3) is 0.304. The Hall–Kier alpha value is -3.46.